The van der Waals surface area contributed by atoms with Gasteiger partial charge in [0.2, 0.25) is 0 Å². The number of halogens is 2. The normalized spacial score (nSPS) is 11.4. The zero-order valence-corrected chi connectivity index (χ0v) is 7.84. The van der Waals surface area contributed by atoms with Gasteiger partial charge in [-0.05, 0) is 32.0 Å². The maximum atomic E-state index is 13.4. The summed E-state index contributed by atoms with van der Waals surface area (Å²) in [6, 6.07) is 3.07. The van der Waals surface area contributed by atoms with Crippen molar-refractivity contribution in [2.45, 2.75) is 19.5 Å². The first kappa shape index (κ1) is 10.6. The van der Waals surface area contributed by atoms with Gasteiger partial charge in [0.25, 0.3) is 0 Å². The summed E-state index contributed by atoms with van der Waals surface area (Å²) < 4.78 is 26.5. The lowest BCUT2D eigenvalue weighted by Crippen LogP contribution is -2.13. The van der Waals surface area contributed by atoms with Gasteiger partial charge in [-0.15, -0.1) is 0 Å². The second kappa shape index (κ2) is 3.36. The predicted octanol–water partition coefficient (Wildman–Crippen LogP) is 2.73. The number of aromatic carboxylic acids is 1. The molecule has 2 nitrogen and oxygen atoms in total. The molecule has 0 aliphatic carbocycles. The molecule has 0 fully saturated rings. The van der Waals surface area contributed by atoms with Crippen molar-refractivity contribution in [1.82, 2.24) is 0 Å². The Hall–Kier alpha value is -1.45. The fourth-order valence-electron chi connectivity index (χ4n) is 1.11. The molecule has 0 aliphatic rings. The van der Waals surface area contributed by atoms with Crippen LogP contribution in [0.4, 0.5) is 8.78 Å². The van der Waals surface area contributed by atoms with Crippen LogP contribution in [0.5, 0.6) is 0 Å². The minimum atomic E-state index is -1.88. The van der Waals surface area contributed by atoms with Gasteiger partial charge in [-0.2, -0.15) is 0 Å². The second-order valence-corrected chi connectivity index (χ2v) is 3.47. The predicted molar refractivity (Wildman–Crippen MR) is 47.5 cm³/mol. The molecule has 1 aromatic rings. The van der Waals surface area contributed by atoms with E-state index >= 15 is 0 Å². The Labute approximate surface area is 80.2 Å². The van der Waals surface area contributed by atoms with E-state index in [2.05, 4.69) is 0 Å². The molecule has 0 heterocycles. The SMILES string of the molecule is CC(C)(F)c1cc(C(=O)O)ccc1F. The monoisotopic (exact) mass is 200 g/mol. The quantitative estimate of drug-likeness (QED) is 0.796. The van der Waals surface area contributed by atoms with E-state index in [0.717, 1.165) is 18.2 Å². The summed E-state index contributed by atoms with van der Waals surface area (Å²) in [7, 11) is 0. The average molecular weight is 200 g/mol. The Morgan fingerprint density at radius 1 is 1.43 bits per heavy atom. The van der Waals surface area contributed by atoms with Gasteiger partial charge in [0.15, 0.2) is 0 Å². The molecule has 0 spiro atoms. The maximum absolute atomic E-state index is 13.4. The van der Waals surface area contributed by atoms with Crippen LogP contribution in [0.15, 0.2) is 18.2 Å². The molecule has 4 heteroatoms. The summed E-state index contributed by atoms with van der Waals surface area (Å²) in [4.78, 5) is 10.5. The Bertz CT molecular complexity index is 367. The zero-order valence-electron chi connectivity index (χ0n) is 7.84. The molecule has 0 saturated heterocycles. The van der Waals surface area contributed by atoms with E-state index < -0.39 is 17.5 Å². The smallest absolute Gasteiger partial charge is 0.335 e. The van der Waals surface area contributed by atoms with Crippen molar-refractivity contribution < 1.29 is 18.7 Å². The highest BCUT2D eigenvalue weighted by Gasteiger charge is 2.24. The number of rotatable bonds is 2. The first-order valence-electron chi connectivity index (χ1n) is 4.04. The Kier molecular flexibility index (Phi) is 2.55. The first-order valence-corrected chi connectivity index (χ1v) is 4.04. The fraction of sp³-hybridized carbons (Fsp3) is 0.300. The van der Waals surface area contributed by atoms with Crippen LogP contribution in [0.25, 0.3) is 0 Å². The minimum Gasteiger partial charge on any atom is -0.478 e. The Balaban J connectivity index is 3.29. The third kappa shape index (κ3) is 2.07. The summed E-state index contributed by atoms with van der Waals surface area (Å²) in [5.41, 5.74) is -2.24. The van der Waals surface area contributed by atoms with E-state index in [4.69, 9.17) is 5.11 Å². The lowest BCUT2D eigenvalue weighted by atomic mass is 9.97. The van der Waals surface area contributed by atoms with Gasteiger partial charge >= 0.3 is 5.97 Å². The lowest BCUT2D eigenvalue weighted by molar-refractivity contribution is 0.0696. The molecule has 0 aromatic heterocycles. The molecule has 0 saturated carbocycles. The Morgan fingerprint density at radius 2 is 2.00 bits per heavy atom. The highest BCUT2D eigenvalue weighted by Crippen LogP contribution is 2.27. The highest BCUT2D eigenvalue weighted by molar-refractivity contribution is 5.87. The summed E-state index contributed by atoms with van der Waals surface area (Å²) >= 11 is 0. The van der Waals surface area contributed by atoms with Gasteiger partial charge in [0, 0.05) is 5.56 Å². The molecular weight excluding hydrogens is 190 g/mol. The second-order valence-electron chi connectivity index (χ2n) is 3.47. The number of carbonyl (C=O) groups is 1. The van der Waals surface area contributed by atoms with Gasteiger partial charge in [0.05, 0.1) is 5.56 Å². The van der Waals surface area contributed by atoms with Crippen molar-refractivity contribution in [3.8, 4) is 0 Å². The van der Waals surface area contributed by atoms with Crippen LogP contribution in [-0.4, -0.2) is 11.1 Å². The first-order chi connectivity index (χ1) is 6.32. The highest BCUT2D eigenvalue weighted by atomic mass is 19.1. The fourth-order valence-corrected chi connectivity index (χ4v) is 1.11. The zero-order chi connectivity index (χ0) is 10.9. The molecule has 0 amide bonds. The lowest BCUT2D eigenvalue weighted by Gasteiger charge is -2.15. The molecule has 76 valence electrons. The third-order valence-electron chi connectivity index (χ3n) is 1.85. The minimum absolute atomic E-state index is 0.118. The van der Waals surface area contributed by atoms with Crippen LogP contribution in [0, 0.1) is 5.82 Å². The largest absolute Gasteiger partial charge is 0.478 e. The molecule has 1 N–H and O–H groups in total. The summed E-state index contributed by atoms with van der Waals surface area (Å²) in [5.74, 6) is -1.93. The number of alkyl halides is 1. The van der Waals surface area contributed by atoms with Crippen LogP contribution in [0.1, 0.15) is 29.8 Å². The average Bonchev–Trinajstić information content (AvgIpc) is 2.02. The van der Waals surface area contributed by atoms with E-state index in [1.807, 2.05) is 0 Å². The van der Waals surface area contributed by atoms with Gasteiger partial charge < -0.3 is 5.11 Å². The molecule has 1 rings (SSSR count). The molecule has 0 bridgehead atoms. The Morgan fingerprint density at radius 3 is 2.43 bits per heavy atom. The van der Waals surface area contributed by atoms with Crippen LogP contribution in [0.3, 0.4) is 0 Å². The van der Waals surface area contributed by atoms with Crippen LogP contribution in [0.2, 0.25) is 0 Å². The summed E-state index contributed by atoms with van der Waals surface area (Å²) in [5, 5.41) is 8.62. The number of carboxylic acid groups (broad SMARTS) is 1. The molecule has 0 aliphatic heterocycles. The van der Waals surface area contributed by atoms with Crippen molar-refractivity contribution >= 4 is 5.97 Å². The molecule has 0 unspecified atom stereocenters. The van der Waals surface area contributed by atoms with Gasteiger partial charge in [-0.25, -0.2) is 13.6 Å². The van der Waals surface area contributed by atoms with Crippen LogP contribution < -0.4 is 0 Å². The van der Waals surface area contributed by atoms with Crippen LogP contribution >= 0.6 is 0 Å². The number of hydrogen-bond donors (Lipinski definition) is 1. The molecule has 14 heavy (non-hydrogen) atoms. The van der Waals surface area contributed by atoms with E-state index in [-0.39, 0.29) is 11.1 Å². The van der Waals surface area contributed by atoms with Crippen molar-refractivity contribution in [2.24, 2.45) is 0 Å². The maximum Gasteiger partial charge on any atom is 0.335 e. The van der Waals surface area contributed by atoms with Crippen molar-refractivity contribution in [1.29, 1.82) is 0 Å². The van der Waals surface area contributed by atoms with E-state index in [0.29, 0.717) is 0 Å². The molecule has 1 aromatic carbocycles. The van der Waals surface area contributed by atoms with Crippen molar-refractivity contribution in [3.63, 3.8) is 0 Å². The van der Waals surface area contributed by atoms with Crippen molar-refractivity contribution in [3.05, 3.63) is 35.1 Å². The number of hydrogen-bond acceptors (Lipinski definition) is 1. The van der Waals surface area contributed by atoms with Crippen LogP contribution in [-0.2, 0) is 5.67 Å². The van der Waals surface area contributed by atoms with E-state index in [9.17, 15) is 13.6 Å². The van der Waals surface area contributed by atoms with Gasteiger partial charge in [-0.1, -0.05) is 0 Å². The molecule has 0 radical (unpaired) electrons. The van der Waals surface area contributed by atoms with E-state index in [1.54, 1.807) is 0 Å². The topological polar surface area (TPSA) is 37.3 Å². The molecule has 0 atom stereocenters. The molecular formula is C10H10F2O2. The standard InChI is InChI=1S/C10H10F2O2/c1-10(2,12)7-5-6(9(13)14)3-4-8(7)11/h3-5H,1-2H3,(H,13,14). The summed E-state index contributed by atoms with van der Waals surface area (Å²) in [6.07, 6.45) is 0. The van der Waals surface area contributed by atoms with E-state index in [1.165, 1.54) is 13.8 Å². The third-order valence-corrected chi connectivity index (χ3v) is 1.85. The number of benzene rings is 1. The van der Waals surface area contributed by atoms with Crippen molar-refractivity contribution in [2.75, 3.05) is 0 Å². The number of carboxylic acids is 1. The van der Waals surface area contributed by atoms with Gasteiger partial charge in [-0.3, -0.25) is 0 Å². The van der Waals surface area contributed by atoms with Gasteiger partial charge in [0.1, 0.15) is 11.5 Å². The summed E-state index contributed by atoms with van der Waals surface area (Å²) in [6.45, 7) is 2.36.